The van der Waals surface area contributed by atoms with Crippen LogP contribution in [0.4, 0.5) is 22.7 Å². The van der Waals surface area contributed by atoms with Gasteiger partial charge in [0.15, 0.2) is 0 Å². The van der Waals surface area contributed by atoms with Crippen LogP contribution in [0.1, 0.15) is 165 Å². The fourth-order valence-electron chi connectivity index (χ4n) is 9.76. The second kappa shape index (κ2) is 15.6. The van der Waals surface area contributed by atoms with Gasteiger partial charge in [-0.05, 0) is 134 Å². The molecule has 45 heavy (non-hydrogen) atoms. The van der Waals surface area contributed by atoms with E-state index in [2.05, 4.69) is 55.6 Å². The molecule has 0 radical (unpaired) electrons. The van der Waals surface area contributed by atoms with Crippen LogP contribution in [-0.2, 0) is 0 Å². The standard InChI is InChI=1S/C42H65N3/c1-29-3-7-31(8-4-29)11-13-33-15-19-35(20-16-33)37-23-25-39(43)41(27-37)45-42-28-38(24-26-40(42)44)36-21-17-34(18-22-36)14-12-32-9-5-30(2)6-10-32/h23-36,45H,3-22,43-44H2,1-2H3. The number of anilines is 4. The molecule has 0 amide bonds. The third-order valence-corrected chi connectivity index (χ3v) is 13.3. The predicted octanol–water partition coefficient (Wildman–Crippen LogP) is 12.4. The molecule has 4 saturated carbocycles. The van der Waals surface area contributed by atoms with Gasteiger partial charge in [-0.15, -0.1) is 0 Å². The highest BCUT2D eigenvalue weighted by atomic mass is 14.9. The lowest BCUT2D eigenvalue weighted by Gasteiger charge is -2.32. The van der Waals surface area contributed by atoms with Crippen LogP contribution in [-0.4, -0.2) is 0 Å². The average molecular weight is 612 g/mol. The molecule has 0 heterocycles. The van der Waals surface area contributed by atoms with Gasteiger partial charge in [0.25, 0.3) is 0 Å². The number of hydrogen-bond acceptors (Lipinski definition) is 3. The average Bonchev–Trinajstić information content (AvgIpc) is 3.07. The third-order valence-electron chi connectivity index (χ3n) is 13.3. The number of nitrogens with one attached hydrogen (secondary N) is 1. The molecule has 6 rings (SSSR count). The molecule has 4 fully saturated rings. The second-order valence-electron chi connectivity index (χ2n) is 16.7. The Morgan fingerprint density at radius 2 is 0.778 bits per heavy atom. The maximum Gasteiger partial charge on any atom is 0.0621 e. The van der Waals surface area contributed by atoms with E-state index in [0.29, 0.717) is 11.8 Å². The molecular weight excluding hydrogens is 546 g/mol. The van der Waals surface area contributed by atoms with Crippen LogP contribution in [0, 0.1) is 35.5 Å². The van der Waals surface area contributed by atoms with Gasteiger partial charge in [-0.2, -0.15) is 0 Å². The zero-order valence-electron chi connectivity index (χ0n) is 28.9. The quantitative estimate of drug-likeness (QED) is 0.234. The molecule has 5 N–H and O–H groups in total. The maximum absolute atomic E-state index is 6.54. The van der Waals surface area contributed by atoms with Crippen molar-refractivity contribution in [2.45, 2.75) is 154 Å². The van der Waals surface area contributed by atoms with Crippen LogP contribution in [0.25, 0.3) is 0 Å². The molecule has 2 aromatic rings. The number of hydrogen-bond donors (Lipinski definition) is 3. The van der Waals surface area contributed by atoms with Gasteiger partial charge in [0, 0.05) is 0 Å². The van der Waals surface area contributed by atoms with Gasteiger partial charge >= 0.3 is 0 Å². The van der Waals surface area contributed by atoms with Crippen molar-refractivity contribution in [1.29, 1.82) is 0 Å². The summed E-state index contributed by atoms with van der Waals surface area (Å²) in [6.07, 6.45) is 28.4. The lowest BCUT2D eigenvalue weighted by atomic mass is 9.74. The molecule has 248 valence electrons. The van der Waals surface area contributed by atoms with Gasteiger partial charge in [0.1, 0.15) is 0 Å². The Balaban J connectivity index is 0.992. The minimum Gasteiger partial charge on any atom is -0.397 e. The molecule has 3 nitrogen and oxygen atoms in total. The van der Waals surface area contributed by atoms with Gasteiger partial charge in [-0.25, -0.2) is 0 Å². The molecule has 0 atom stereocenters. The van der Waals surface area contributed by atoms with E-state index < -0.39 is 0 Å². The minimum atomic E-state index is 0.651. The van der Waals surface area contributed by atoms with Crippen LogP contribution in [0.2, 0.25) is 0 Å². The SMILES string of the molecule is CC1CCC(CCC2CCC(c3ccc(N)c(Nc4cc(C5CCC(CCC6CCC(C)CC6)CC5)ccc4N)c3)CC2)CC1. The summed E-state index contributed by atoms with van der Waals surface area (Å²) < 4.78 is 0. The Kier molecular flexibility index (Phi) is 11.4. The van der Waals surface area contributed by atoms with Gasteiger partial charge in [0.05, 0.1) is 22.7 Å². The van der Waals surface area contributed by atoms with Gasteiger partial charge in [-0.1, -0.05) is 103 Å². The van der Waals surface area contributed by atoms with E-state index in [1.165, 1.54) is 140 Å². The van der Waals surface area contributed by atoms with Gasteiger partial charge in [-0.3, -0.25) is 0 Å². The first-order valence-electron chi connectivity index (χ1n) is 19.5. The van der Waals surface area contributed by atoms with Crippen LogP contribution >= 0.6 is 0 Å². The van der Waals surface area contributed by atoms with Crippen molar-refractivity contribution >= 4 is 22.7 Å². The largest absolute Gasteiger partial charge is 0.397 e. The van der Waals surface area contributed by atoms with E-state index in [1.54, 1.807) is 0 Å². The number of rotatable bonds is 10. The normalized spacial score (nSPS) is 32.7. The first kappa shape index (κ1) is 32.8. The summed E-state index contributed by atoms with van der Waals surface area (Å²) >= 11 is 0. The fraction of sp³-hybridized carbons (Fsp3) is 0.714. The Bertz CT molecular complexity index is 1090. The summed E-state index contributed by atoms with van der Waals surface area (Å²) in [6, 6.07) is 13.4. The molecule has 0 spiro atoms. The first-order valence-corrected chi connectivity index (χ1v) is 19.5. The van der Waals surface area contributed by atoms with Crippen LogP contribution in [0.15, 0.2) is 36.4 Å². The van der Waals surface area contributed by atoms with Crippen molar-refractivity contribution in [2.24, 2.45) is 35.5 Å². The minimum absolute atomic E-state index is 0.651. The summed E-state index contributed by atoms with van der Waals surface area (Å²) in [7, 11) is 0. The molecule has 3 heteroatoms. The van der Waals surface area contributed by atoms with Crippen molar-refractivity contribution < 1.29 is 0 Å². The molecule has 0 saturated heterocycles. The lowest BCUT2D eigenvalue weighted by Crippen LogP contribution is -2.17. The van der Waals surface area contributed by atoms with Crippen molar-refractivity contribution in [1.82, 2.24) is 0 Å². The maximum atomic E-state index is 6.54. The fourth-order valence-corrected chi connectivity index (χ4v) is 9.76. The molecule has 0 bridgehead atoms. The molecule has 0 aliphatic heterocycles. The molecule has 0 unspecified atom stereocenters. The van der Waals surface area contributed by atoms with Gasteiger partial charge in [0.2, 0.25) is 0 Å². The first-order chi connectivity index (χ1) is 21.9. The third kappa shape index (κ3) is 9.01. The number of nitrogen functional groups attached to an aromatic ring is 2. The van der Waals surface area contributed by atoms with E-state index >= 15 is 0 Å². The lowest BCUT2D eigenvalue weighted by molar-refractivity contribution is 0.237. The molecule has 0 aromatic heterocycles. The smallest absolute Gasteiger partial charge is 0.0621 e. The highest BCUT2D eigenvalue weighted by Gasteiger charge is 2.27. The van der Waals surface area contributed by atoms with Crippen molar-refractivity contribution in [3.05, 3.63) is 47.5 Å². The van der Waals surface area contributed by atoms with E-state index in [1.807, 2.05) is 0 Å². The molecular formula is C42H65N3. The van der Waals surface area contributed by atoms with Crippen molar-refractivity contribution in [3.8, 4) is 0 Å². The number of benzene rings is 2. The molecule has 4 aliphatic carbocycles. The highest BCUT2D eigenvalue weighted by molar-refractivity contribution is 5.79. The van der Waals surface area contributed by atoms with Crippen LogP contribution < -0.4 is 16.8 Å². The summed E-state index contributed by atoms with van der Waals surface area (Å²) in [5.74, 6) is 7.11. The predicted molar refractivity (Wildman–Crippen MR) is 195 cm³/mol. The van der Waals surface area contributed by atoms with Gasteiger partial charge < -0.3 is 16.8 Å². The Hall–Kier alpha value is -2.16. The summed E-state index contributed by atoms with van der Waals surface area (Å²) in [5.41, 5.74) is 19.6. The van der Waals surface area contributed by atoms with E-state index in [9.17, 15) is 0 Å². The number of nitrogens with two attached hydrogens (primary N) is 2. The van der Waals surface area contributed by atoms with E-state index in [4.69, 9.17) is 11.5 Å². The molecule has 2 aromatic carbocycles. The van der Waals surface area contributed by atoms with Crippen molar-refractivity contribution in [2.75, 3.05) is 16.8 Å². The Morgan fingerprint density at radius 3 is 1.11 bits per heavy atom. The summed E-state index contributed by atoms with van der Waals surface area (Å²) in [6.45, 7) is 4.87. The monoisotopic (exact) mass is 612 g/mol. The Morgan fingerprint density at radius 1 is 0.467 bits per heavy atom. The zero-order chi connectivity index (χ0) is 31.2. The Labute approximate surface area is 276 Å². The molecule has 4 aliphatic rings. The van der Waals surface area contributed by atoms with Crippen LogP contribution in [0.5, 0.6) is 0 Å². The zero-order valence-corrected chi connectivity index (χ0v) is 28.9. The van der Waals surface area contributed by atoms with E-state index in [-0.39, 0.29) is 0 Å². The second-order valence-corrected chi connectivity index (χ2v) is 16.7. The van der Waals surface area contributed by atoms with E-state index in [0.717, 1.165) is 58.3 Å². The summed E-state index contributed by atoms with van der Waals surface area (Å²) in [4.78, 5) is 0. The van der Waals surface area contributed by atoms with Crippen molar-refractivity contribution in [3.63, 3.8) is 0 Å². The topological polar surface area (TPSA) is 64.1 Å². The highest BCUT2D eigenvalue weighted by Crippen LogP contribution is 2.43. The summed E-state index contributed by atoms with van der Waals surface area (Å²) in [5, 5.41) is 3.69. The van der Waals surface area contributed by atoms with Crippen LogP contribution in [0.3, 0.4) is 0 Å².